The van der Waals surface area contributed by atoms with Crippen LogP contribution in [0.3, 0.4) is 0 Å². The Hall–Kier alpha value is 0.690. The number of halogens is 1. The Kier molecular flexibility index (Phi) is 8.30. The molecule has 2 heteroatoms. The van der Waals surface area contributed by atoms with Gasteiger partial charge < -0.3 is 4.48 Å². The zero-order chi connectivity index (χ0) is 9.57. The van der Waals surface area contributed by atoms with Gasteiger partial charge in [-0.1, -0.05) is 13.3 Å². The topological polar surface area (TPSA) is 0 Å². The fraction of sp³-hybridized carbons (Fsp3) is 1.00. The minimum Gasteiger partial charge on any atom is -0.324 e. The summed E-state index contributed by atoms with van der Waals surface area (Å²) < 4.78 is 1.42. The second kappa shape index (κ2) is 7.91. The van der Waals surface area contributed by atoms with Crippen molar-refractivity contribution in [2.24, 2.45) is 0 Å². The predicted octanol–water partition coefficient (Wildman–Crippen LogP) is 3.82. The minimum absolute atomic E-state index is 0. The molecule has 86 valence electrons. The number of hydrogen-bond donors (Lipinski definition) is 0. The summed E-state index contributed by atoms with van der Waals surface area (Å²) in [6.45, 7) is 10.4. The number of nitrogens with zero attached hydrogens (tertiary/aromatic N) is 1. The van der Waals surface area contributed by atoms with Crippen LogP contribution in [0, 0.1) is 0 Å². The summed E-state index contributed by atoms with van der Waals surface area (Å²) in [5, 5.41) is 0. The summed E-state index contributed by atoms with van der Waals surface area (Å²) >= 11 is 0. The van der Waals surface area contributed by atoms with E-state index in [1.54, 1.807) is 0 Å². The number of unbranched alkanes of at least 4 members (excludes halogenated alkanes) is 1. The Morgan fingerprint density at radius 1 is 0.929 bits per heavy atom. The normalized spacial score (nSPS) is 21.0. The molecule has 1 fully saturated rings. The van der Waals surface area contributed by atoms with Gasteiger partial charge in [-0.25, -0.2) is 0 Å². The average Bonchev–Trinajstić information content (AvgIpc) is 2.41. The van der Waals surface area contributed by atoms with E-state index >= 15 is 0 Å². The Balaban J connectivity index is 0.00000169. The molecule has 0 atom stereocenters. The quantitative estimate of drug-likeness (QED) is 0.547. The third kappa shape index (κ3) is 4.47. The van der Waals surface area contributed by atoms with E-state index in [9.17, 15) is 0 Å². The highest BCUT2D eigenvalue weighted by molar-refractivity contribution is 14.0. The fourth-order valence-electron chi connectivity index (χ4n) is 2.55. The molecule has 0 unspecified atom stereocenters. The zero-order valence-corrected chi connectivity index (χ0v) is 12.3. The highest BCUT2D eigenvalue weighted by Crippen LogP contribution is 2.19. The van der Waals surface area contributed by atoms with Crippen LogP contribution in [0.5, 0.6) is 0 Å². The van der Waals surface area contributed by atoms with Gasteiger partial charge in [0.05, 0.1) is 26.2 Å². The van der Waals surface area contributed by atoms with Crippen LogP contribution in [0.2, 0.25) is 0 Å². The third-order valence-electron chi connectivity index (χ3n) is 3.67. The van der Waals surface area contributed by atoms with E-state index in [1.807, 2.05) is 0 Å². The van der Waals surface area contributed by atoms with E-state index in [1.165, 1.54) is 69.2 Å². The maximum Gasteiger partial charge on any atom is 0.0786 e. The SMILES string of the molecule is CCCC[N+]1(CC)CCCCCC1.I. The average molecular weight is 312 g/mol. The van der Waals surface area contributed by atoms with Crippen LogP contribution in [0.1, 0.15) is 52.4 Å². The second-order valence-electron chi connectivity index (χ2n) is 4.60. The second-order valence-corrected chi connectivity index (χ2v) is 4.60. The summed E-state index contributed by atoms with van der Waals surface area (Å²) in [7, 11) is 0. The summed E-state index contributed by atoms with van der Waals surface area (Å²) in [5.41, 5.74) is 0. The van der Waals surface area contributed by atoms with Gasteiger partial charge in [0.2, 0.25) is 0 Å². The Bertz CT molecular complexity index is 128. The lowest BCUT2D eigenvalue weighted by atomic mass is 10.2. The van der Waals surface area contributed by atoms with Crippen LogP contribution in [-0.4, -0.2) is 30.7 Å². The highest BCUT2D eigenvalue weighted by Gasteiger charge is 2.25. The van der Waals surface area contributed by atoms with E-state index in [2.05, 4.69) is 13.8 Å². The van der Waals surface area contributed by atoms with Crippen molar-refractivity contribution in [3.8, 4) is 0 Å². The molecule has 1 aliphatic rings. The Labute approximate surface area is 107 Å². The van der Waals surface area contributed by atoms with Crippen LogP contribution >= 0.6 is 24.0 Å². The first-order chi connectivity index (χ1) is 6.33. The minimum atomic E-state index is 0. The van der Waals surface area contributed by atoms with Gasteiger partial charge in [-0.05, 0) is 39.0 Å². The van der Waals surface area contributed by atoms with Crippen molar-refractivity contribution < 1.29 is 4.48 Å². The number of quaternary nitrogens is 1. The lowest BCUT2D eigenvalue weighted by Crippen LogP contribution is -2.49. The molecular formula is C12H27IN+. The zero-order valence-electron chi connectivity index (χ0n) is 9.93. The molecule has 0 spiro atoms. The highest BCUT2D eigenvalue weighted by atomic mass is 127. The van der Waals surface area contributed by atoms with Gasteiger partial charge >= 0.3 is 0 Å². The van der Waals surface area contributed by atoms with Gasteiger partial charge in [0.25, 0.3) is 0 Å². The van der Waals surface area contributed by atoms with Crippen LogP contribution in [0.4, 0.5) is 0 Å². The molecule has 0 aliphatic carbocycles. The van der Waals surface area contributed by atoms with Crippen LogP contribution < -0.4 is 0 Å². The molecule has 1 aliphatic heterocycles. The van der Waals surface area contributed by atoms with Crippen LogP contribution in [0.25, 0.3) is 0 Å². The van der Waals surface area contributed by atoms with E-state index in [4.69, 9.17) is 0 Å². The van der Waals surface area contributed by atoms with Crippen LogP contribution in [-0.2, 0) is 0 Å². The van der Waals surface area contributed by atoms with Gasteiger partial charge in [0.1, 0.15) is 0 Å². The lowest BCUT2D eigenvalue weighted by molar-refractivity contribution is -0.926. The Morgan fingerprint density at radius 3 is 1.93 bits per heavy atom. The molecule has 1 heterocycles. The van der Waals surface area contributed by atoms with Crippen molar-refractivity contribution in [2.75, 3.05) is 26.2 Å². The van der Waals surface area contributed by atoms with Gasteiger partial charge in [-0.15, -0.1) is 24.0 Å². The maximum absolute atomic E-state index is 2.38. The predicted molar refractivity (Wildman–Crippen MR) is 74.2 cm³/mol. The van der Waals surface area contributed by atoms with Crippen molar-refractivity contribution in [2.45, 2.75) is 52.4 Å². The molecule has 0 aromatic carbocycles. The van der Waals surface area contributed by atoms with Gasteiger partial charge in [-0.3, -0.25) is 0 Å². The first kappa shape index (κ1) is 14.7. The lowest BCUT2D eigenvalue weighted by Gasteiger charge is -2.37. The molecule has 0 amide bonds. The molecule has 0 bridgehead atoms. The standard InChI is InChI=1S/C12H26N.HI/c1-3-5-10-13(4-2)11-8-6-7-9-12-13;/h3-12H2,1-2H3;1H/q+1;. The number of hydrogen-bond acceptors (Lipinski definition) is 0. The summed E-state index contributed by atoms with van der Waals surface area (Å²) in [6, 6.07) is 0. The van der Waals surface area contributed by atoms with Gasteiger partial charge in [0, 0.05) is 0 Å². The fourth-order valence-corrected chi connectivity index (χ4v) is 2.55. The van der Waals surface area contributed by atoms with E-state index in [-0.39, 0.29) is 24.0 Å². The van der Waals surface area contributed by atoms with E-state index in [0.717, 1.165) is 0 Å². The Morgan fingerprint density at radius 2 is 1.50 bits per heavy atom. The third-order valence-corrected chi connectivity index (χ3v) is 3.67. The van der Waals surface area contributed by atoms with Crippen molar-refractivity contribution >= 4 is 24.0 Å². The first-order valence-corrected chi connectivity index (χ1v) is 6.18. The smallest absolute Gasteiger partial charge is 0.0786 e. The molecule has 0 aromatic rings. The maximum atomic E-state index is 2.38. The molecular weight excluding hydrogens is 285 g/mol. The summed E-state index contributed by atoms with van der Waals surface area (Å²) in [6.07, 6.45) is 8.68. The molecule has 1 rings (SSSR count). The number of rotatable bonds is 4. The van der Waals surface area contributed by atoms with E-state index < -0.39 is 0 Å². The molecule has 1 saturated heterocycles. The molecule has 0 saturated carbocycles. The summed E-state index contributed by atoms with van der Waals surface area (Å²) in [4.78, 5) is 0. The first-order valence-electron chi connectivity index (χ1n) is 6.18. The largest absolute Gasteiger partial charge is 0.324 e. The van der Waals surface area contributed by atoms with Crippen molar-refractivity contribution in [1.29, 1.82) is 0 Å². The molecule has 1 nitrogen and oxygen atoms in total. The van der Waals surface area contributed by atoms with E-state index in [0.29, 0.717) is 0 Å². The van der Waals surface area contributed by atoms with Crippen molar-refractivity contribution in [1.82, 2.24) is 0 Å². The molecule has 0 N–H and O–H groups in total. The van der Waals surface area contributed by atoms with Crippen molar-refractivity contribution in [3.63, 3.8) is 0 Å². The number of likely N-dealkylation sites (tertiary alicyclic amines) is 1. The molecule has 0 aromatic heterocycles. The molecule has 14 heavy (non-hydrogen) atoms. The monoisotopic (exact) mass is 312 g/mol. The van der Waals surface area contributed by atoms with Crippen LogP contribution in [0.15, 0.2) is 0 Å². The summed E-state index contributed by atoms with van der Waals surface area (Å²) in [5.74, 6) is 0. The van der Waals surface area contributed by atoms with Gasteiger partial charge in [-0.2, -0.15) is 0 Å². The van der Waals surface area contributed by atoms with Crippen molar-refractivity contribution in [3.05, 3.63) is 0 Å². The van der Waals surface area contributed by atoms with Gasteiger partial charge in [0.15, 0.2) is 0 Å². The molecule has 0 radical (unpaired) electrons.